The molecule has 1 aromatic heterocycles. The number of aryl methyl sites for hydroxylation is 1. The van der Waals surface area contributed by atoms with Crippen molar-refractivity contribution in [3.05, 3.63) is 96.3 Å². The molecule has 0 amide bonds. The van der Waals surface area contributed by atoms with Gasteiger partial charge in [0.15, 0.2) is 0 Å². The van der Waals surface area contributed by atoms with E-state index in [0.717, 1.165) is 30.3 Å². The molecule has 2 N–H and O–H groups in total. The van der Waals surface area contributed by atoms with Crippen LogP contribution in [-0.2, 0) is 23.0 Å². The highest BCUT2D eigenvalue weighted by Crippen LogP contribution is 2.20. The second kappa shape index (κ2) is 9.68. The van der Waals surface area contributed by atoms with Crippen molar-refractivity contribution in [1.29, 1.82) is 0 Å². The zero-order valence-electron chi connectivity index (χ0n) is 17.0. The van der Waals surface area contributed by atoms with Crippen molar-refractivity contribution in [2.45, 2.75) is 24.3 Å². The lowest BCUT2D eigenvalue weighted by Crippen LogP contribution is -2.24. The van der Waals surface area contributed by atoms with Crippen LogP contribution in [0.5, 0.6) is 0 Å². The molecule has 4 aromatic rings. The van der Waals surface area contributed by atoms with Crippen LogP contribution in [0.3, 0.4) is 0 Å². The molecule has 7 heteroatoms. The van der Waals surface area contributed by atoms with Gasteiger partial charge in [-0.1, -0.05) is 60.7 Å². The second-order valence-electron chi connectivity index (χ2n) is 7.16. The molecule has 6 nitrogen and oxygen atoms in total. The molecule has 0 spiro atoms. The Morgan fingerprint density at radius 3 is 2.23 bits per heavy atom. The number of nitrogens with zero attached hydrogens (tertiary/aromatic N) is 2. The van der Waals surface area contributed by atoms with Crippen LogP contribution in [0.4, 0.5) is 5.82 Å². The molecular weight excluding hydrogens is 408 g/mol. The van der Waals surface area contributed by atoms with Crippen molar-refractivity contribution in [3.63, 3.8) is 0 Å². The highest BCUT2D eigenvalue weighted by Gasteiger charge is 2.15. The minimum absolute atomic E-state index is 0.0146. The molecule has 0 saturated heterocycles. The van der Waals surface area contributed by atoms with Gasteiger partial charge in [-0.3, -0.25) is 0 Å². The van der Waals surface area contributed by atoms with Gasteiger partial charge in [-0.05, 0) is 42.7 Å². The van der Waals surface area contributed by atoms with E-state index in [1.807, 2.05) is 42.5 Å². The van der Waals surface area contributed by atoms with Crippen molar-refractivity contribution < 1.29 is 8.42 Å². The van der Waals surface area contributed by atoms with Crippen LogP contribution in [0.1, 0.15) is 17.8 Å². The van der Waals surface area contributed by atoms with Gasteiger partial charge < -0.3 is 5.32 Å². The molecular formula is C24H24N4O2S. The fourth-order valence-corrected chi connectivity index (χ4v) is 4.33. The molecule has 0 saturated carbocycles. The molecule has 0 aliphatic heterocycles. The van der Waals surface area contributed by atoms with E-state index in [1.54, 1.807) is 30.3 Å². The van der Waals surface area contributed by atoms with Gasteiger partial charge in [0.25, 0.3) is 0 Å². The van der Waals surface area contributed by atoms with Gasteiger partial charge in [0.2, 0.25) is 10.0 Å². The first kappa shape index (κ1) is 21.0. The van der Waals surface area contributed by atoms with Crippen LogP contribution in [0.25, 0.3) is 10.9 Å². The van der Waals surface area contributed by atoms with E-state index in [9.17, 15) is 8.42 Å². The van der Waals surface area contributed by atoms with E-state index >= 15 is 0 Å². The molecule has 4 rings (SSSR count). The fraction of sp³-hybridized carbons (Fsp3) is 0.167. The molecule has 31 heavy (non-hydrogen) atoms. The Kier molecular flexibility index (Phi) is 6.54. The Balaban J connectivity index is 1.47. The number of nitrogens with one attached hydrogen (secondary N) is 2. The average Bonchev–Trinajstić information content (AvgIpc) is 2.82. The molecule has 0 unspecified atom stereocenters. The van der Waals surface area contributed by atoms with Gasteiger partial charge in [0.1, 0.15) is 11.6 Å². The predicted octanol–water partition coefficient (Wildman–Crippen LogP) is 4.15. The van der Waals surface area contributed by atoms with Gasteiger partial charge >= 0.3 is 0 Å². The quantitative estimate of drug-likeness (QED) is 0.388. The normalized spacial score (nSPS) is 11.5. The lowest BCUT2D eigenvalue weighted by atomic mass is 10.1. The van der Waals surface area contributed by atoms with E-state index in [4.69, 9.17) is 0 Å². The topological polar surface area (TPSA) is 84.0 Å². The molecule has 0 fully saturated rings. The molecule has 158 valence electrons. The van der Waals surface area contributed by atoms with Crippen molar-refractivity contribution in [2.24, 2.45) is 0 Å². The van der Waals surface area contributed by atoms with Crippen molar-refractivity contribution >= 4 is 26.7 Å². The van der Waals surface area contributed by atoms with Crippen LogP contribution < -0.4 is 10.0 Å². The summed E-state index contributed by atoms with van der Waals surface area (Å²) in [4.78, 5) is 9.34. The maximum atomic E-state index is 12.5. The number of hydrogen-bond donors (Lipinski definition) is 2. The van der Waals surface area contributed by atoms with Crippen LogP contribution in [0.2, 0.25) is 0 Å². The van der Waals surface area contributed by atoms with Gasteiger partial charge in [-0.2, -0.15) is 0 Å². The summed E-state index contributed by atoms with van der Waals surface area (Å²) in [5.41, 5.74) is 2.07. The van der Waals surface area contributed by atoms with Crippen molar-refractivity contribution in [2.75, 3.05) is 11.9 Å². The molecule has 0 atom stereocenters. The minimum Gasteiger partial charge on any atom is -0.369 e. The van der Waals surface area contributed by atoms with E-state index in [1.165, 1.54) is 5.56 Å². The highest BCUT2D eigenvalue weighted by atomic mass is 32.2. The third kappa shape index (κ3) is 5.45. The van der Waals surface area contributed by atoms with Crippen molar-refractivity contribution in [1.82, 2.24) is 14.7 Å². The average molecular weight is 433 g/mol. The molecule has 0 aliphatic carbocycles. The number of para-hydroxylation sites is 1. The molecule has 0 bridgehead atoms. The lowest BCUT2D eigenvalue weighted by Gasteiger charge is -2.12. The summed E-state index contributed by atoms with van der Waals surface area (Å²) < 4.78 is 27.6. The number of aromatic nitrogens is 2. The Labute approximate surface area is 182 Å². The molecule has 1 heterocycles. The van der Waals surface area contributed by atoms with Gasteiger partial charge in [0, 0.05) is 11.9 Å². The summed E-state index contributed by atoms with van der Waals surface area (Å²) in [6.07, 6.45) is 1.93. The smallest absolute Gasteiger partial charge is 0.240 e. The maximum absolute atomic E-state index is 12.5. The maximum Gasteiger partial charge on any atom is 0.240 e. The first-order valence-corrected chi connectivity index (χ1v) is 11.7. The van der Waals surface area contributed by atoms with Crippen molar-refractivity contribution in [3.8, 4) is 0 Å². The Morgan fingerprint density at radius 1 is 0.774 bits per heavy atom. The fourth-order valence-electron chi connectivity index (χ4n) is 3.33. The number of benzene rings is 3. The zero-order valence-corrected chi connectivity index (χ0v) is 17.8. The highest BCUT2D eigenvalue weighted by molar-refractivity contribution is 7.89. The summed E-state index contributed by atoms with van der Waals surface area (Å²) in [5, 5.41) is 4.31. The van der Waals surface area contributed by atoms with E-state index in [-0.39, 0.29) is 11.4 Å². The van der Waals surface area contributed by atoms with Crippen LogP contribution >= 0.6 is 0 Å². The number of anilines is 1. The van der Waals surface area contributed by atoms with Crippen LogP contribution in [0, 0.1) is 0 Å². The second-order valence-corrected chi connectivity index (χ2v) is 8.93. The van der Waals surface area contributed by atoms with E-state index in [2.05, 4.69) is 32.1 Å². The number of fused-ring (bicyclic) bond motifs is 1. The molecule has 0 radical (unpaired) electrons. The number of rotatable bonds is 9. The third-order valence-corrected chi connectivity index (χ3v) is 6.32. The molecule has 3 aromatic carbocycles. The third-order valence-electron chi connectivity index (χ3n) is 4.90. The van der Waals surface area contributed by atoms with E-state index < -0.39 is 10.0 Å². The number of hydrogen-bond acceptors (Lipinski definition) is 5. The summed E-state index contributed by atoms with van der Waals surface area (Å²) in [6.45, 7) is 0.770. The summed E-state index contributed by atoms with van der Waals surface area (Å²) in [6, 6.07) is 26.4. The Morgan fingerprint density at radius 2 is 1.45 bits per heavy atom. The van der Waals surface area contributed by atoms with Gasteiger partial charge in [-0.15, -0.1) is 0 Å². The van der Waals surface area contributed by atoms with Crippen LogP contribution in [-0.4, -0.2) is 24.9 Å². The first-order valence-electron chi connectivity index (χ1n) is 10.2. The summed E-state index contributed by atoms with van der Waals surface area (Å²) in [7, 11) is -3.63. The minimum atomic E-state index is -3.63. The Hall–Kier alpha value is -3.29. The standard InChI is InChI=1S/C24H24N4O2S/c29-31(30,20-13-5-2-6-14-20)26-18-23-27-22-16-8-7-15-21(22)24(28-23)25-17-9-12-19-10-3-1-4-11-19/h1-8,10-11,13-16,26H,9,12,17-18H2,(H,25,27,28). The number of sulfonamides is 1. The SMILES string of the molecule is O=S(=O)(NCc1nc(NCCCc2ccccc2)c2ccccc2n1)c1ccccc1. The van der Waals surface area contributed by atoms with Gasteiger partial charge in [-0.25, -0.2) is 23.1 Å². The Bertz CT molecular complexity index is 1250. The first-order chi connectivity index (χ1) is 15.1. The zero-order chi connectivity index (χ0) is 21.5. The van der Waals surface area contributed by atoms with Gasteiger partial charge in [0.05, 0.1) is 17.0 Å². The summed E-state index contributed by atoms with van der Waals surface area (Å²) >= 11 is 0. The van der Waals surface area contributed by atoms with E-state index in [0.29, 0.717) is 11.6 Å². The lowest BCUT2D eigenvalue weighted by molar-refractivity contribution is 0.579. The summed E-state index contributed by atoms with van der Waals surface area (Å²) in [5.74, 6) is 1.14. The van der Waals surface area contributed by atoms with Crippen LogP contribution in [0.15, 0.2) is 89.8 Å². The molecule has 0 aliphatic rings. The monoisotopic (exact) mass is 432 g/mol. The largest absolute Gasteiger partial charge is 0.369 e. The predicted molar refractivity (Wildman–Crippen MR) is 123 cm³/mol.